The van der Waals surface area contributed by atoms with E-state index in [0.717, 1.165) is 0 Å². The van der Waals surface area contributed by atoms with Crippen LogP contribution in [-0.2, 0) is 0 Å². The molecule has 3 heteroatoms. The minimum Gasteiger partial charge on any atom is -0.288 e. The Kier molecular flexibility index (Phi) is 1.31. The van der Waals surface area contributed by atoms with E-state index in [0.29, 0.717) is 0 Å². The van der Waals surface area contributed by atoms with E-state index in [9.17, 15) is 4.39 Å². The van der Waals surface area contributed by atoms with E-state index in [2.05, 4.69) is 4.99 Å². The lowest BCUT2D eigenvalue weighted by Crippen LogP contribution is -2.23. The molecule has 1 heterocycles. The van der Waals surface area contributed by atoms with Crippen LogP contribution in [0.5, 0.6) is 0 Å². The van der Waals surface area contributed by atoms with Crippen LogP contribution in [0.25, 0.3) is 0 Å². The zero-order chi connectivity index (χ0) is 6.74. The molecule has 0 spiro atoms. The first-order valence-corrected chi connectivity index (χ1v) is 2.55. The van der Waals surface area contributed by atoms with Gasteiger partial charge in [0.25, 0.3) is 0 Å². The summed E-state index contributed by atoms with van der Waals surface area (Å²) in [6.45, 7) is -0.0694. The Balaban J connectivity index is 2.77. The second-order valence-electron chi connectivity index (χ2n) is 1.82. The van der Waals surface area contributed by atoms with Crippen molar-refractivity contribution < 1.29 is 4.39 Å². The molecule has 0 N–H and O–H groups in total. The summed E-state index contributed by atoms with van der Waals surface area (Å²) >= 11 is 0. The first-order valence-electron chi connectivity index (χ1n) is 2.55. The fourth-order valence-corrected chi connectivity index (χ4v) is 0.567. The van der Waals surface area contributed by atoms with Gasteiger partial charge in [0.2, 0.25) is 5.67 Å². The van der Waals surface area contributed by atoms with Gasteiger partial charge in [-0.15, -0.1) is 0 Å². The largest absolute Gasteiger partial charge is 0.288 e. The fourth-order valence-electron chi connectivity index (χ4n) is 0.567. The predicted molar refractivity (Wildman–Crippen MR) is 32.0 cm³/mol. The number of aliphatic imine (C=N–C) groups is 1. The van der Waals surface area contributed by atoms with E-state index in [1.54, 1.807) is 0 Å². The average Bonchev–Trinajstić information content (AvgIpc) is 1.90. The molecule has 9 heavy (non-hydrogen) atoms. The fraction of sp³-hybridized carbons (Fsp3) is 0.333. The van der Waals surface area contributed by atoms with Gasteiger partial charge < -0.3 is 0 Å². The molecule has 0 aromatic heterocycles. The molecule has 0 radical (unpaired) electrons. The molecule has 0 aromatic carbocycles. The molecular formula is C6H5FN2. The highest BCUT2D eigenvalue weighted by Gasteiger charge is 2.25. The van der Waals surface area contributed by atoms with Crippen LogP contribution in [0.15, 0.2) is 17.1 Å². The van der Waals surface area contributed by atoms with Gasteiger partial charge in [-0.25, -0.2) is 4.39 Å². The van der Waals surface area contributed by atoms with Crippen molar-refractivity contribution in [3.05, 3.63) is 12.2 Å². The van der Waals surface area contributed by atoms with Crippen LogP contribution in [0.2, 0.25) is 0 Å². The Morgan fingerprint density at radius 2 is 2.56 bits per heavy atom. The van der Waals surface area contributed by atoms with Crippen LogP contribution in [0.3, 0.4) is 0 Å². The molecule has 0 fully saturated rings. The monoisotopic (exact) mass is 124 g/mol. The number of nitrogens with zero attached hydrogens (tertiary/aromatic N) is 2. The van der Waals surface area contributed by atoms with Crippen molar-refractivity contribution in [3.63, 3.8) is 0 Å². The van der Waals surface area contributed by atoms with Gasteiger partial charge in [0.15, 0.2) is 0 Å². The number of rotatable bonds is 0. The molecule has 0 saturated heterocycles. The van der Waals surface area contributed by atoms with E-state index in [-0.39, 0.29) is 6.54 Å². The normalized spacial score (nSPS) is 32.0. The molecule has 1 atom stereocenters. The lowest BCUT2D eigenvalue weighted by atomic mass is 10.1. The van der Waals surface area contributed by atoms with Crippen molar-refractivity contribution >= 4 is 6.21 Å². The first-order chi connectivity index (χ1) is 4.27. The summed E-state index contributed by atoms with van der Waals surface area (Å²) in [5.41, 5.74) is -1.85. The van der Waals surface area contributed by atoms with Crippen LogP contribution < -0.4 is 0 Å². The molecule has 1 unspecified atom stereocenters. The summed E-state index contributed by atoms with van der Waals surface area (Å²) in [6, 6.07) is 1.51. The van der Waals surface area contributed by atoms with Crippen LogP contribution in [0.4, 0.5) is 4.39 Å². The third-order valence-corrected chi connectivity index (χ3v) is 1.06. The number of hydrogen-bond acceptors (Lipinski definition) is 2. The zero-order valence-corrected chi connectivity index (χ0v) is 4.71. The zero-order valence-electron chi connectivity index (χ0n) is 4.71. The molecule has 0 bridgehead atoms. The second-order valence-corrected chi connectivity index (χ2v) is 1.82. The summed E-state index contributed by atoms with van der Waals surface area (Å²) < 4.78 is 12.7. The van der Waals surface area contributed by atoms with Crippen molar-refractivity contribution in [2.45, 2.75) is 5.67 Å². The molecule has 1 rings (SSSR count). The topological polar surface area (TPSA) is 36.1 Å². The molecule has 0 aromatic rings. The number of alkyl halides is 1. The van der Waals surface area contributed by atoms with E-state index in [1.807, 2.05) is 0 Å². The number of halogens is 1. The number of nitriles is 1. The quantitative estimate of drug-likeness (QED) is 0.471. The maximum absolute atomic E-state index is 12.7. The van der Waals surface area contributed by atoms with Gasteiger partial charge in [0.05, 0.1) is 6.54 Å². The third kappa shape index (κ3) is 1.14. The van der Waals surface area contributed by atoms with Crippen LogP contribution in [0.1, 0.15) is 0 Å². The van der Waals surface area contributed by atoms with Gasteiger partial charge in [-0.1, -0.05) is 0 Å². The standard InChI is InChI=1S/C6H5FN2/c7-6(4-8)2-1-3-9-5-6/h1-3H,5H2. The predicted octanol–water partition coefficient (Wildman–Crippen LogP) is 0.859. The summed E-state index contributed by atoms with van der Waals surface area (Å²) in [5.74, 6) is 0. The molecule has 46 valence electrons. The SMILES string of the molecule is N#CC1(F)C=CC=NC1. The molecule has 0 aliphatic carbocycles. The lowest BCUT2D eigenvalue weighted by molar-refractivity contribution is 0.317. The molecule has 0 saturated carbocycles. The highest BCUT2D eigenvalue weighted by molar-refractivity contribution is 5.73. The minimum absolute atomic E-state index is 0.0694. The molecule has 1 aliphatic rings. The first kappa shape index (κ1) is 5.96. The van der Waals surface area contributed by atoms with E-state index >= 15 is 0 Å². The Bertz CT molecular complexity index is 202. The van der Waals surface area contributed by atoms with Crippen molar-refractivity contribution in [1.29, 1.82) is 5.26 Å². The average molecular weight is 124 g/mol. The van der Waals surface area contributed by atoms with Crippen molar-refractivity contribution in [1.82, 2.24) is 0 Å². The minimum atomic E-state index is -1.85. The van der Waals surface area contributed by atoms with Gasteiger partial charge in [-0.05, 0) is 12.2 Å². The van der Waals surface area contributed by atoms with Gasteiger partial charge in [-0.2, -0.15) is 5.26 Å². The van der Waals surface area contributed by atoms with E-state index in [4.69, 9.17) is 5.26 Å². The summed E-state index contributed by atoms with van der Waals surface area (Å²) in [5, 5.41) is 8.20. The number of dihydropyridines is 1. The molecule has 1 aliphatic heterocycles. The van der Waals surface area contributed by atoms with Crippen molar-refractivity contribution in [3.8, 4) is 6.07 Å². The van der Waals surface area contributed by atoms with Gasteiger partial charge in [-0.3, -0.25) is 4.99 Å². The van der Waals surface area contributed by atoms with Crippen molar-refractivity contribution in [2.75, 3.05) is 6.54 Å². The Morgan fingerprint density at radius 3 is 2.89 bits per heavy atom. The molecule has 2 nitrogen and oxygen atoms in total. The van der Waals surface area contributed by atoms with E-state index in [1.165, 1.54) is 24.4 Å². The molecule has 0 amide bonds. The number of allylic oxidation sites excluding steroid dienone is 1. The summed E-state index contributed by atoms with van der Waals surface area (Å²) in [4.78, 5) is 3.59. The van der Waals surface area contributed by atoms with Gasteiger partial charge >= 0.3 is 0 Å². The van der Waals surface area contributed by atoms with Crippen LogP contribution in [-0.4, -0.2) is 18.4 Å². The maximum Gasteiger partial charge on any atom is 0.233 e. The highest BCUT2D eigenvalue weighted by atomic mass is 19.1. The highest BCUT2D eigenvalue weighted by Crippen LogP contribution is 2.13. The third-order valence-electron chi connectivity index (χ3n) is 1.06. The smallest absolute Gasteiger partial charge is 0.233 e. The van der Waals surface area contributed by atoms with Crippen LogP contribution in [0, 0.1) is 11.3 Å². The van der Waals surface area contributed by atoms with Gasteiger partial charge in [0.1, 0.15) is 6.07 Å². The number of hydrogen-bond donors (Lipinski definition) is 0. The lowest BCUT2D eigenvalue weighted by Gasteiger charge is -2.10. The Labute approximate surface area is 52.3 Å². The summed E-state index contributed by atoms with van der Waals surface area (Å²) in [6.07, 6.45) is 4.13. The van der Waals surface area contributed by atoms with Crippen LogP contribution >= 0.6 is 0 Å². The summed E-state index contributed by atoms with van der Waals surface area (Å²) in [7, 11) is 0. The maximum atomic E-state index is 12.7. The second kappa shape index (κ2) is 1.98. The Hall–Kier alpha value is -1.17. The van der Waals surface area contributed by atoms with Gasteiger partial charge in [0, 0.05) is 6.21 Å². The Morgan fingerprint density at radius 1 is 1.78 bits per heavy atom. The van der Waals surface area contributed by atoms with E-state index < -0.39 is 5.67 Å². The molecular weight excluding hydrogens is 119 g/mol. The van der Waals surface area contributed by atoms with Crippen molar-refractivity contribution in [2.24, 2.45) is 4.99 Å².